The smallest absolute Gasteiger partial charge is 0.269 e. The molecule has 2 aliphatic heterocycles. The first-order valence-electron chi connectivity index (χ1n) is 14.3. The Morgan fingerprint density at radius 2 is 2.16 bits per heavy atom. The van der Waals surface area contributed by atoms with Gasteiger partial charge in [-0.2, -0.15) is 0 Å². The van der Waals surface area contributed by atoms with Crippen LogP contribution in [0.25, 0.3) is 0 Å². The summed E-state index contributed by atoms with van der Waals surface area (Å²) < 4.78 is 1.65. The summed E-state index contributed by atoms with van der Waals surface area (Å²) in [6, 6.07) is 11.0. The summed E-state index contributed by atoms with van der Waals surface area (Å²) >= 11 is 0. The van der Waals surface area contributed by atoms with Gasteiger partial charge in [-0.3, -0.25) is 24.4 Å². The number of anilines is 2. The summed E-state index contributed by atoms with van der Waals surface area (Å²) in [5, 5.41) is 46.7. The number of carbonyl (C=O) groups is 2. The third-order valence-corrected chi connectivity index (χ3v) is 7.94. The second-order valence-electron chi connectivity index (χ2n) is 10.9. The van der Waals surface area contributed by atoms with E-state index >= 15 is 0 Å². The molecule has 0 aliphatic carbocycles. The van der Waals surface area contributed by atoms with E-state index in [9.17, 15) is 24.8 Å². The van der Waals surface area contributed by atoms with Crippen molar-refractivity contribution in [1.29, 1.82) is 0 Å². The van der Waals surface area contributed by atoms with Crippen molar-refractivity contribution in [2.45, 2.75) is 57.3 Å². The Morgan fingerprint density at radius 3 is 2.91 bits per heavy atom. The van der Waals surface area contributed by atoms with Crippen molar-refractivity contribution in [3.63, 3.8) is 0 Å². The summed E-state index contributed by atoms with van der Waals surface area (Å²) in [5.74, 6) is -1.42. The molecule has 3 aromatic rings. The number of hydrogen-bond acceptors (Lipinski definition) is 9. The molecule has 226 valence electrons. The number of aliphatic hydroxyl groups excluding tert-OH is 1. The van der Waals surface area contributed by atoms with Crippen LogP contribution in [0.15, 0.2) is 60.8 Å². The lowest BCUT2D eigenvalue weighted by Crippen LogP contribution is -2.44. The number of nitro benzene ring substituents is 1. The Morgan fingerprint density at radius 1 is 1.33 bits per heavy atom. The van der Waals surface area contributed by atoms with Gasteiger partial charge in [-0.25, -0.2) is 0 Å². The number of fused-ring (bicyclic) bond motifs is 1. The third kappa shape index (κ3) is 6.33. The fraction of sp³-hybridized carbons (Fsp3) is 0.400. The molecule has 43 heavy (non-hydrogen) atoms. The van der Waals surface area contributed by atoms with Crippen LogP contribution in [0.1, 0.15) is 43.0 Å². The first-order chi connectivity index (χ1) is 20.7. The van der Waals surface area contributed by atoms with E-state index in [4.69, 9.17) is 5.11 Å². The van der Waals surface area contributed by atoms with E-state index in [0.717, 1.165) is 24.9 Å². The first-order valence-corrected chi connectivity index (χ1v) is 14.3. The number of benzene rings is 2. The standard InChI is InChI=1S/C30H35N7O6/c1-20(6-2-3-14-35-19-23(12-15-38)33-34-35)30(41)25-17-24(37(42)43)10-11-27(25)36(29(30)40)18-21-7-4-8-22(16-21)32-28(39)26-9-5-13-31-26/h2,4,6-8,10-11,16-17,19-20,26,31,38,41H,3,5,9,12-15,18H2,1H3,(H,32,39)/b6-2+/t20-,26-,30+/m1/s1. The van der Waals surface area contributed by atoms with Crippen LogP contribution in [-0.4, -0.2) is 61.1 Å². The van der Waals surface area contributed by atoms with Gasteiger partial charge in [-0.1, -0.05) is 36.4 Å². The zero-order chi connectivity index (χ0) is 30.6. The van der Waals surface area contributed by atoms with Crippen LogP contribution in [0.4, 0.5) is 17.1 Å². The number of aromatic nitrogens is 3. The maximum Gasteiger partial charge on any atom is 0.269 e. The molecule has 3 atom stereocenters. The van der Waals surface area contributed by atoms with Gasteiger partial charge in [0.1, 0.15) is 0 Å². The van der Waals surface area contributed by atoms with Crippen LogP contribution in [0.3, 0.4) is 0 Å². The molecule has 1 aromatic heterocycles. The number of aryl methyl sites for hydroxylation is 1. The van der Waals surface area contributed by atoms with Gasteiger partial charge >= 0.3 is 0 Å². The number of rotatable bonds is 12. The van der Waals surface area contributed by atoms with Crippen molar-refractivity contribution in [2.24, 2.45) is 5.92 Å². The average molecular weight is 590 g/mol. The zero-order valence-corrected chi connectivity index (χ0v) is 23.8. The van der Waals surface area contributed by atoms with E-state index in [2.05, 4.69) is 20.9 Å². The van der Waals surface area contributed by atoms with Crippen molar-refractivity contribution < 1.29 is 24.7 Å². The lowest BCUT2D eigenvalue weighted by Gasteiger charge is -2.27. The molecule has 0 radical (unpaired) electrons. The monoisotopic (exact) mass is 589 g/mol. The van der Waals surface area contributed by atoms with E-state index in [-0.39, 0.29) is 36.4 Å². The quantitative estimate of drug-likeness (QED) is 0.140. The number of carbonyl (C=O) groups excluding carboxylic acids is 2. The minimum atomic E-state index is -2.03. The second kappa shape index (κ2) is 12.8. The molecule has 13 nitrogen and oxygen atoms in total. The number of nitro groups is 1. The van der Waals surface area contributed by atoms with Gasteiger partial charge in [0.25, 0.3) is 11.6 Å². The van der Waals surface area contributed by atoms with Gasteiger partial charge in [-0.15, -0.1) is 5.10 Å². The Bertz CT molecular complexity index is 1530. The summed E-state index contributed by atoms with van der Waals surface area (Å²) in [5.41, 5.74) is 0.303. The van der Waals surface area contributed by atoms with Crippen molar-refractivity contribution in [2.75, 3.05) is 23.4 Å². The maximum absolute atomic E-state index is 13.9. The van der Waals surface area contributed by atoms with Crippen LogP contribution >= 0.6 is 0 Å². The van der Waals surface area contributed by atoms with E-state index in [0.29, 0.717) is 36.5 Å². The first kappa shape index (κ1) is 30.0. The maximum atomic E-state index is 13.9. The largest absolute Gasteiger partial charge is 0.396 e. The number of non-ortho nitro benzene ring substituents is 1. The highest BCUT2D eigenvalue weighted by molar-refractivity contribution is 6.07. The molecule has 4 N–H and O–H groups in total. The van der Waals surface area contributed by atoms with E-state index in [1.165, 1.54) is 23.1 Å². The number of nitrogens with zero attached hydrogens (tertiary/aromatic N) is 5. The van der Waals surface area contributed by atoms with Crippen molar-refractivity contribution in [3.05, 3.63) is 87.7 Å². The Balaban J connectivity index is 1.35. The molecule has 3 heterocycles. The van der Waals surface area contributed by atoms with Gasteiger partial charge in [0.05, 0.1) is 28.9 Å². The normalized spacial score (nSPS) is 20.5. The lowest BCUT2D eigenvalue weighted by molar-refractivity contribution is -0.385. The minimum Gasteiger partial charge on any atom is -0.396 e. The molecule has 2 aliphatic rings. The number of allylic oxidation sites excluding steroid dienone is 1. The Hall–Kier alpha value is -4.46. The van der Waals surface area contributed by atoms with Gasteiger partial charge in [0.15, 0.2) is 5.60 Å². The topological polar surface area (TPSA) is 176 Å². The summed E-state index contributed by atoms with van der Waals surface area (Å²) in [7, 11) is 0. The predicted molar refractivity (Wildman–Crippen MR) is 158 cm³/mol. The molecule has 13 heteroatoms. The highest BCUT2D eigenvalue weighted by atomic mass is 16.6. The molecular weight excluding hydrogens is 554 g/mol. The highest BCUT2D eigenvalue weighted by Gasteiger charge is 2.53. The fourth-order valence-electron chi connectivity index (χ4n) is 5.60. The minimum absolute atomic E-state index is 0.0144. The third-order valence-electron chi connectivity index (χ3n) is 7.94. The summed E-state index contributed by atoms with van der Waals surface area (Å²) in [6.07, 6.45) is 7.97. The number of nitrogens with one attached hydrogen (secondary N) is 2. The molecule has 0 saturated carbocycles. The number of hydrogen-bond donors (Lipinski definition) is 4. The van der Waals surface area contributed by atoms with Gasteiger partial charge in [0.2, 0.25) is 5.91 Å². The van der Waals surface area contributed by atoms with Crippen molar-refractivity contribution >= 4 is 28.9 Å². The number of aliphatic hydroxyl groups is 2. The molecule has 0 bridgehead atoms. The number of amides is 2. The van der Waals surface area contributed by atoms with Crippen LogP contribution in [0.5, 0.6) is 0 Å². The fourth-order valence-corrected chi connectivity index (χ4v) is 5.60. The second-order valence-corrected chi connectivity index (χ2v) is 10.9. The van der Waals surface area contributed by atoms with E-state index in [1.54, 1.807) is 42.1 Å². The Labute approximate surface area is 248 Å². The molecule has 2 aromatic carbocycles. The van der Waals surface area contributed by atoms with Crippen LogP contribution in [-0.2, 0) is 34.7 Å². The lowest BCUT2D eigenvalue weighted by atomic mass is 9.82. The summed E-state index contributed by atoms with van der Waals surface area (Å²) in [4.78, 5) is 39.0. The Kier molecular flexibility index (Phi) is 8.94. The molecule has 2 amide bonds. The van der Waals surface area contributed by atoms with Crippen molar-refractivity contribution in [1.82, 2.24) is 20.3 Å². The van der Waals surface area contributed by atoms with Gasteiger partial charge in [0, 0.05) is 55.1 Å². The summed E-state index contributed by atoms with van der Waals surface area (Å²) in [6.45, 7) is 3.08. The van der Waals surface area contributed by atoms with Crippen LogP contribution in [0, 0.1) is 16.0 Å². The van der Waals surface area contributed by atoms with Crippen molar-refractivity contribution in [3.8, 4) is 0 Å². The van der Waals surface area contributed by atoms with Gasteiger partial charge < -0.3 is 25.7 Å². The molecule has 1 saturated heterocycles. The predicted octanol–water partition coefficient (Wildman–Crippen LogP) is 2.43. The molecule has 1 fully saturated rings. The zero-order valence-electron chi connectivity index (χ0n) is 23.8. The molecular formula is C30H35N7O6. The van der Waals surface area contributed by atoms with E-state index in [1.807, 2.05) is 12.1 Å². The SMILES string of the molecule is C[C@H](/C=C/CCn1cc(CCO)nn1)[C@@]1(O)C(=O)N(Cc2cccc(NC(=O)[C@H]3CCCN3)c2)c2ccc([N+](=O)[O-])cc21. The van der Waals surface area contributed by atoms with Gasteiger partial charge in [-0.05, 0) is 49.6 Å². The van der Waals surface area contributed by atoms with E-state index < -0.39 is 22.3 Å². The van der Waals surface area contributed by atoms with Crippen LogP contribution < -0.4 is 15.5 Å². The molecule has 0 spiro atoms. The molecule has 0 unspecified atom stereocenters. The highest BCUT2D eigenvalue weighted by Crippen LogP contribution is 2.47. The van der Waals surface area contributed by atoms with Crippen LogP contribution in [0.2, 0.25) is 0 Å². The average Bonchev–Trinajstić information content (AvgIpc) is 3.74. The molecule has 5 rings (SSSR count).